The monoisotopic (exact) mass is 253 g/mol. The van der Waals surface area contributed by atoms with Crippen LogP contribution in [-0.2, 0) is 0 Å². The molecule has 0 spiro atoms. The lowest BCUT2D eigenvalue weighted by Gasteiger charge is -2.11. The molecule has 1 aliphatic rings. The number of nitrogens with zero attached hydrogens (tertiary/aromatic N) is 2. The van der Waals surface area contributed by atoms with Crippen molar-refractivity contribution in [3.8, 4) is 11.3 Å². The number of nitrogen functional groups attached to an aromatic ring is 1. The molecule has 1 saturated carbocycles. The predicted molar refractivity (Wildman–Crippen MR) is 78.1 cm³/mol. The molecule has 3 heteroatoms. The van der Waals surface area contributed by atoms with Crippen LogP contribution in [0.2, 0.25) is 0 Å². The number of rotatable bonds is 2. The second-order valence-corrected chi connectivity index (χ2v) is 5.59. The highest BCUT2D eigenvalue weighted by atomic mass is 15.0. The number of benzene rings is 1. The quantitative estimate of drug-likeness (QED) is 0.890. The third-order valence-corrected chi connectivity index (χ3v) is 3.64. The van der Waals surface area contributed by atoms with Gasteiger partial charge in [-0.1, -0.05) is 17.2 Å². The Bertz CT molecular complexity index is 622. The maximum Gasteiger partial charge on any atom is 0.134 e. The Morgan fingerprint density at radius 2 is 1.63 bits per heavy atom. The molecule has 0 aliphatic heterocycles. The molecular weight excluding hydrogens is 234 g/mol. The molecule has 0 atom stereocenters. The Morgan fingerprint density at radius 3 is 2.21 bits per heavy atom. The number of aryl methyl sites for hydroxylation is 2. The van der Waals surface area contributed by atoms with E-state index in [4.69, 9.17) is 10.7 Å². The first kappa shape index (κ1) is 12.2. The fraction of sp³-hybridized carbons (Fsp3) is 0.375. The van der Waals surface area contributed by atoms with Crippen molar-refractivity contribution in [1.82, 2.24) is 9.97 Å². The number of hydrogen-bond acceptors (Lipinski definition) is 3. The maximum atomic E-state index is 6.05. The van der Waals surface area contributed by atoms with Crippen molar-refractivity contribution in [3.63, 3.8) is 0 Å². The van der Waals surface area contributed by atoms with Crippen molar-refractivity contribution < 1.29 is 0 Å². The molecule has 3 nitrogen and oxygen atoms in total. The Kier molecular flexibility index (Phi) is 2.77. The molecule has 0 amide bonds. The van der Waals surface area contributed by atoms with E-state index in [-0.39, 0.29) is 0 Å². The van der Waals surface area contributed by atoms with Gasteiger partial charge >= 0.3 is 0 Å². The van der Waals surface area contributed by atoms with Crippen LogP contribution in [0.4, 0.5) is 5.82 Å². The van der Waals surface area contributed by atoms with E-state index in [1.54, 1.807) is 0 Å². The number of anilines is 1. The van der Waals surface area contributed by atoms with E-state index in [2.05, 4.69) is 37.0 Å². The Morgan fingerprint density at radius 1 is 1.00 bits per heavy atom. The highest BCUT2D eigenvalue weighted by molar-refractivity contribution is 5.68. The van der Waals surface area contributed by atoms with Gasteiger partial charge in [0.2, 0.25) is 0 Å². The largest absolute Gasteiger partial charge is 0.383 e. The van der Waals surface area contributed by atoms with Crippen molar-refractivity contribution in [3.05, 3.63) is 40.7 Å². The molecule has 19 heavy (non-hydrogen) atoms. The minimum absolute atomic E-state index is 0.521. The molecule has 1 aliphatic carbocycles. The summed E-state index contributed by atoms with van der Waals surface area (Å²) in [6, 6.07) is 6.50. The summed E-state index contributed by atoms with van der Waals surface area (Å²) in [5, 5.41) is 0. The third kappa shape index (κ3) is 2.33. The van der Waals surface area contributed by atoms with Crippen LogP contribution in [0, 0.1) is 20.8 Å². The van der Waals surface area contributed by atoms with Crippen molar-refractivity contribution in [2.24, 2.45) is 0 Å². The van der Waals surface area contributed by atoms with Crippen LogP contribution in [0.5, 0.6) is 0 Å². The summed E-state index contributed by atoms with van der Waals surface area (Å²) in [6.45, 7) is 6.22. The van der Waals surface area contributed by atoms with Gasteiger partial charge in [-0.15, -0.1) is 0 Å². The number of hydrogen-bond donors (Lipinski definition) is 1. The molecule has 1 aromatic heterocycles. The fourth-order valence-corrected chi connectivity index (χ4v) is 2.47. The second kappa shape index (κ2) is 4.34. The molecule has 0 unspecified atom stereocenters. The van der Waals surface area contributed by atoms with Crippen LogP contribution < -0.4 is 5.73 Å². The van der Waals surface area contributed by atoms with Gasteiger partial charge < -0.3 is 5.73 Å². The maximum absolute atomic E-state index is 6.05. The molecule has 0 radical (unpaired) electrons. The third-order valence-electron chi connectivity index (χ3n) is 3.64. The van der Waals surface area contributed by atoms with Crippen molar-refractivity contribution >= 4 is 5.82 Å². The van der Waals surface area contributed by atoms with Gasteiger partial charge in [0.25, 0.3) is 0 Å². The van der Waals surface area contributed by atoms with Crippen LogP contribution in [0.25, 0.3) is 11.3 Å². The zero-order valence-corrected chi connectivity index (χ0v) is 11.7. The summed E-state index contributed by atoms with van der Waals surface area (Å²) in [6.07, 6.45) is 2.38. The Hall–Kier alpha value is -1.90. The van der Waals surface area contributed by atoms with Gasteiger partial charge in [-0.05, 0) is 45.7 Å². The lowest BCUT2D eigenvalue weighted by molar-refractivity contribution is 0.927. The molecule has 1 heterocycles. The van der Waals surface area contributed by atoms with Crippen molar-refractivity contribution in [2.45, 2.75) is 39.5 Å². The first-order valence-corrected chi connectivity index (χ1v) is 6.77. The van der Waals surface area contributed by atoms with Gasteiger partial charge in [0, 0.05) is 17.0 Å². The van der Waals surface area contributed by atoms with Crippen LogP contribution in [0.3, 0.4) is 0 Å². The first-order chi connectivity index (χ1) is 9.04. The smallest absolute Gasteiger partial charge is 0.134 e. The zero-order valence-electron chi connectivity index (χ0n) is 11.7. The standard InChI is InChI=1S/C16H19N3/c1-9-6-10(2)8-13(7-9)14-11(3)15(17)19-16(18-14)12-4-5-12/h6-8,12H,4-5H2,1-3H3,(H2,17,18,19). The SMILES string of the molecule is Cc1cc(C)cc(-c2nc(C3CC3)nc(N)c2C)c1. The number of aromatic nitrogens is 2. The summed E-state index contributed by atoms with van der Waals surface area (Å²) in [5.41, 5.74) is 11.7. The summed E-state index contributed by atoms with van der Waals surface area (Å²) >= 11 is 0. The van der Waals surface area contributed by atoms with Crippen molar-refractivity contribution in [1.29, 1.82) is 0 Å². The van der Waals surface area contributed by atoms with E-state index in [1.807, 2.05) is 6.92 Å². The van der Waals surface area contributed by atoms with Crippen LogP contribution in [-0.4, -0.2) is 9.97 Å². The van der Waals surface area contributed by atoms with Gasteiger partial charge in [0.05, 0.1) is 5.69 Å². The van der Waals surface area contributed by atoms with Crippen LogP contribution in [0.15, 0.2) is 18.2 Å². The van der Waals surface area contributed by atoms with Gasteiger partial charge in [0.1, 0.15) is 11.6 Å². The average Bonchev–Trinajstić information content (AvgIpc) is 3.15. The predicted octanol–water partition coefficient (Wildman–Crippen LogP) is 3.53. The molecular formula is C16H19N3. The molecule has 2 aromatic rings. The van der Waals surface area contributed by atoms with Crippen molar-refractivity contribution in [2.75, 3.05) is 5.73 Å². The highest BCUT2D eigenvalue weighted by Gasteiger charge is 2.28. The summed E-state index contributed by atoms with van der Waals surface area (Å²) in [7, 11) is 0. The lowest BCUT2D eigenvalue weighted by Crippen LogP contribution is -2.04. The van der Waals surface area contributed by atoms with E-state index in [9.17, 15) is 0 Å². The summed E-state index contributed by atoms with van der Waals surface area (Å²) in [5.74, 6) is 2.05. The molecule has 0 saturated heterocycles. The first-order valence-electron chi connectivity index (χ1n) is 6.77. The summed E-state index contributed by atoms with van der Waals surface area (Å²) in [4.78, 5) is 9.19. The van der Waals surface area contributed by atoms with E-state index < -0.39 is 0 Å². The van der Waals surface area contributed by atoms with E-state index in [0.29, 0.717) is 11.7 Å². The minimum atomic E-state index is 0.521. The second-order valence-electron chi connectivity index (χ2n) is 5.59. The van der Waals surface area contributed by atoms with E-state index in [1.165, 1.54) is 24.0 Å². The molecule has 2 N–H and O–H groups in total. The minimum Gasteiger partial charge on any atom is -0.383 e. The Balaban J connectivity index is 2.17. The van der Waals surface area contributed by atoms with Crippen LogP contribution >= 0.6 is 0 Å². The van der Waals surface area contributed by atoms with Gasteiger partial charge in [-0.2, -0.15) is 0 Å². The molecule has 0 bridgehead atoms. The average molecular weight is 253 g/mol. The van der Waals surface area contributed by atoms with Crippen LogP contribution in [0.1, 0.15) is 41.3 Å². The Labute approximate surface area is 113 Å². The summed E-state index contributed by atoms with van der Waals surface area (Å²) < 4.78 is 0. The number of nitrogens with two attached hydrogens (primary N) is 1. The molecule has 98 valence electrons. The van der Waals surface area contributed by atoms with Gasteiger partial charge in [-0.25, -0.2) is 9.97 Å². The van der Waals surface area contributed by atoms with Gasteiger partial charge in [-0.3, -0.25) is 0 Å². The lowest BCUT2D eigenvalue weighted by atomic mass is 10.0. The molecule has 1 fully saturated rings. The normalized spacial score (nSPS) is 14.7. The molecule has 3 rings (SSSR count). The topological polar surface area (TPSA) is 51.8 Å². The fourth-order valence-electron chi connectivity index (χ4n) is 2.47. The van der Waals surface area contributed by atoms with Gasteiger partial charge in [0.15, 0.2) is 0 Å². The highest BCUT2D eigenvalue weighted by Crippen LogP contribution is 2.39. The molecule has 1 aromatic carbocycles. The van der Waals surface area contributed by atoms with E-state index >= 15 is 0 Å². The van der Waals surface area contributed by atoms with E-state index in [0.717, 1.165) is 22.6 Å². The zero-order chi connectivity index (χ0) is 13.6.